The van der Waals surface area contributed by atoms with Gasteiger partial charge in [0.05, 0.1) is 0 Å². The molecule has 3 aromatic rings. The van der Waals surface area contributed by atoms with E-state index < -0.39 is 0 Å². The monoisotopic (exact) mass is 479 g/mol. The summed E-state index contributed by atoms with van der Waals surface area (Å²) in [6.45, 7) is 12.0. The summed E-state index contributed by atoms with van der Waals surface area (Å²) in [6.07, 6.45) is 1.44. The van der Waals surface area contributed by atoms with Crippen LogP contribution in [0.1, 0.15) is 35.1 Å². The zero-order valence-electron chi connectivity index (χ0n) is 20.9. The molecule has 2 aromatic carbocycles. The lowest BCUT2D eigenvalue weighted by Gasteiger charge is -2.29. The van der Waals surface area contributed by atoms with Gasteiger partial charge in [0.25, 0.3) is 0 Å². The van der Waals surface area contributed by atoms with Gasteiger partial charge in [-0.15, -0.1) is 0 Å². The first-order valence-corrected chi connectivity index (χ1v) is 11.9. The van der Waals surface area contributed by atoms with Crippen molar-refractivity contribution in [1.82, 2.24) is 15.3 Å². The number of hydrogen-bond donors (Lipinski definition) is 3. The molecule has 2 heterocycles. The highest BCUT2D eigenvalue weighted by atomic mass is 16.2. The first-order chi connectivity index (χ1) is 16.7. The molecule has 4 rings (SSSR count). The van der Waals surface area contributed by atoms with Crippen molar-refractivity contribution in [2.45, 2.75) is 35.1 Å². The van der Waals surface area contributed by atoms with Gasteiger partial charge in [-0.2, -0.15) is 0 Å². The van der Waals surface area contributed by atoms with Crippen LogP contribution in [0.15, 0.2) is 67.0 Å². The molecule has 2 amide bonds. The molecule has 0 saturated carbocycles. The van der Waals surface area contributed by atoms with Crippen molar-refractivity contribution in [3.8, 4) is 0 Å². The van der Waals surface area contributed by atoms with Crippen molar-refractivity contribution in [3.63, 3.8) is 0 Å². The Balaban J connectivity index is 0.00000117. The third-order valence-electron chi connectivity index (χ3n) is 4.95. The van der Waals surface area contributed by atoms with E-state index in [-0.39, 0.29) is 13.5 Å². The maximum atomic E-state index is 12.5. The molecule has 8 heteroatoms. The summed E-state index contributed by atoms with van der Waals surface area (Å²) in [7, 11) is 1.67. The number of anilines is 5. The number of amides is 2. The molecule has 1 fully saturated rings. The molecule has 0 atom stereocenters. The lowest BCUT2D eigenvalue weighted by molar-refractivity contribution is 0.258. The zero-order valence-corrected chi connectivity index (χ0v) is 20.9. The molecule has 1 aliphatic rings. The first-order valence-electron chi connectivity index (χ1n) is 11.9. The first kappa shape index (κ1) is 29.4. The van der Waals surface area contributed by atoms with Crippen molar-refractivity contribution < 1.29 is 4.79 Å². The van der Waals surface area contributed by atoms with Gasteiger partial charge in [0.15, 0.2) is 0 Å². The molecular weight excluding hydrogens is 438 g/mol. The molecule has 0 bridgehead atoms. The average molecular weight is 480 g/mol. The van der Waals surface area contributed by atoms with E-state index in [0.717, 1.165) is 37.6 Å². The van der Waals surface area contributed by atoms with Crippen LogP contribution in [0.3, 0.4) is 0 Å². The quantitative estimate of drug-likeness (QED) is 0.417. The fourth-order valence-electron chi connectivity index (χ4n) is 3.26. The number of carbonyl (C=O) groups is 1. The van der Waals surface area contributed by atoms with E-state index in [4.69, 9.17) is 0 Å². The number of piperazine rings is 1. The molecule has 1 saturated heterocycles. The molecule has 8 nitrogen and oxygen atoms in total. The number of carbonyl (C=O) groups excluding carboxylic acids is 1. The fourth-order valence-corrected chi connectivity index (χ4v) is 3.26. The van der Waals surface area contributed by atoms with Gasteiger partial charge in [0, 0.05) is 56.4 Å². The predicted octanol–water partition coefficient (Wildman–Crippen LogP) is 5.99. The SMILES string of the molecule is C.CC.CC.CN(C(=O)Nc1ccccc1)c1cc(Nc2ccc(N3CCNCC3)cc2)ncn1. The second kappa shape index (κ2) is 16.1. The van der Waals surface area contributed by atoms with E-state index in [9.17, 15) is 4.79 Å². The number of hydrogen-bond acceptors (Lipinski definition) is 6. The van der Waals surface area contributed by atoms with Gasteiger partial charge in [-0.3, -0.25) is 4.90 Å². The molecule has 0 aliphatic carbocycles. The van der Waals surface area contributed by atoms with E-state index >= 15 is 0 Å². The highest BCUT2D eigenvalue weighted by Gasteiger charge is 2.14. The number of para-hydroxylation sites is 1. The summed E-state index contributed by atoms with van der Waals surface area (Å²) >= 11 is 0. The number of nitrogens with one attached hydrogen (secondary N) is 3. The number of nitrogens with zero attached hydrogens (tertiary/aromatic N) is 4. The predicted molar refractivity (Wildman–Crippen MR) is 150 cm³/mol. The molecule has 1 aliphatic heterocycles. The zero-order chi connectivity index (χ0) is 24.8. The maximum absolute atomic E-state index is 12.5. The Morgan fingerprint density at radius 2 is 1.54 bits per heavy atom. The van der Waals surface area contributed by atoms with Crippen molar-refractivity contribution in [1.29, 1.82) is 0 Å². The van der Waals surface area contributed by atoms with Crippen molar-refractivity contribution in [3.05, 3.63) is 67.0 Å². The molecule has 0 spiro atoms. The minimum Gasteiger partial charge on any atom is -0.369 e. The number of benzene rings is 2. The molecule has 1 aromatic heterocycles. The van der Waals surface area contributed by atoms with Crippen LogP contribution in [0.4, 0.5) is 33.5 Å². The fraction of sp³-hybridized carbons (Fsp3) is 0.370. The van der Waals surface area contributed by atoms with Gasteiger partial charge in [0.1, 0.15) is 18.0 Å². The largest absolute Gasteiger partial charge is 0.369 e. The van der Waals surface area contributed by atoms with Crippen LogP contribution in [0.25, 0.3) is 0 Å². The Bertz CT molecular complexity index is 974. The van der Waals surface area contributed by atoms with Crippen LogP contribution in [-0.4, -0.2) is 49.2 Å². The van der Waals surface area contributed by atoms with E-state index in [1.807, 2.05) is 70.2 Å². The second-order valence-electron chi connectivity index (χ2n) is 7.03. The minimum absolute atomic E-state index is 0. The Morgan fingerprint density at radius 1 is 0.914 bits per heavy atom. The van der Waals surface area contributed by atoms with E-state index in [2.05, 4.69) is 43.0 Å². The lowest BCUT2D eigenvalue weighted by atomic mass is 10.2. The highest BCUT2D eigenvalue weighted by molar-refractivity contribution is 6.00. The topological polar surface area (TPSA) is 85.4 Å². The highest BCUT2D eigenvalue weighted by Crippen LogP contribution is 2.22. The van der Waals surface area contributed by atoms with Gasteiger partial charge in [-0.1, -0.05) is 53.3 Å². The van der Waals surface area contributed by atoms with Gasteiger partial charge in [-0.05, 0) is 36.4 Å². The normalized spacial score (nSPS) is 12.0. The van der Waals surface area contributed by atoms with Crippen LogP contribution >= 0.6 is 0 Å². The third kappa shape index (κ3) is 8.90. The number of aromatic nitrogens is 2. The van der Waals surface area contributed by atoms with Crippen LogP contribution in [0, 0.1) is 0 Å². The van der Waals surface area contributed by atoms with Gasteiger partial charge in [-0.25, -0.2) is 14.8 Å². The second-order valence-corrected chi connectivity index (χ2v) is 7.03. The van der Waals surface area contributed by atoms with Crippen molar-refractivity contribution in [2.75, 3.05) is 53.7 Å². The van der Waals surface area contributed by atoms with Crippen LogP contribution in [0.2, 0.25) is 0 Å². The van der Waals surface area contributed by atoms with Gasteiger partial charge < -0.3 is 20.9 Å². The summed E-state index contributed by atoms with van der Waals surface area (Å²) in [5.41, 5.74) is 2.86. The molecule has 190 valence electrons. The number of urea groups is 1. The van der Waals surface area contributed by atoms with Crippen molar-refractivity contribution in [2.24, 2.45) is 0 Å². The standard InChI is InChI=1S/C22H25N7O.2C2H6.CH4/c1-28(22(30)27-17-5-3-2-4-6-17)21-15-20(24-16-25-21)26-18-7-9-19(10-8-18)29-13-11-23-12-14-29;2*1-2;/h2-10,15-16,23H,11-14H2,1H3,(H,27,30)(H,24,25,26);2*1-2H3;1H4. The third-order valence-corrected chi connectivity index (χ3v) is 4.95. The summed E-state index contributed by atoms with van der Waals surface area (Å²) in [5.74, 6) is 1.12. The Hall–Kier alpha value is -3.65. The number of rotatable bonds is 5. The van der Waals surface area contributed by atoms with Crippen LogP contribution < -0.4 is 25.8 Å². The summed E-state index contributed by atoms with van der Waals surface area (Å²) < 4.78 is 0. The minimum atomic E-state index is -0.272. The maximum Gasteiger partial charge on any atom is 0.327 e. The molecule has 0 radical (unpaired) electrons. The molecule has 35 heavy (non-hydrogen) atoms. The van der Waals surface area contributed by atoms with Gasteiger partial charge in [0.2, 0.25) is 0 Å². The Kier molecular flexibility index (Phi) is 13.5. The van der Waals surface area contributed by atoms with Crippen molar-refractivity contribution >= 4 is 34.7 Å². The van der Waals surface area contributed by atoms with Crippen LogP contribution in [-0.2, 0) is 0 Å². The molecule has 0 unspecified atom stereocenters. The van der Waals surface area contributed by atoms with E-state index in [1.54, 1.807) is 13.1 Å². The smallest absolute Gasteiger partial charge is 0.327 e. The lowest BCUT2D eigenvalue weighted by Crippen LogP contribution is -2.43. The summed E-state index contributed by atoms with van der Waals surface area (Å²) in [4.78, 5) is 24.8. The van der Waals surface area contributed by atoms with E-state index in [1.165, 1.54) is 16.9 Å². The summed E-state index contributed by atoms with van der Waals surface area (Å²) in [6, 6.07) is 19.1. The average Bonchev–Trinajstić information content (AvgIpc) is 2.92. The summed E-state index contributed by atoms with van der Waals surface area (Å²) in [5, 5.41) is 9.48. The Morgan fingerprint density at radius 3 is 2.17 bits per heavy atom. The van der Waals surface area contributed by atoms with Crippen LogP contribution in [0.5, 0.6) is 0 Å². The van der Waals surface area contributed by atoms with Gasteiger partial charge >= 0.3 is 6.03 Å². The molecular formula is C27H41N7O. The molecule has 3 N–H and O–H groups in total. The van der Waals surface area contributed by atoms with E-state index in [0.29, 0.717) is 11.6 Å². The Labute approximate surface area is 210 Å².